The van der Waals surface area contributed by atoms with Gasteiger partial charge in [0.05, 0.1) is 12.2 Å². The quantitative estimate of drug-likeness (QED) is 0.705. The van der Waals surface area contributed by atoms with Crippen molar-refractivity contribution >= 4 is 29.4 Å². The van der Waals surface area contributed by atoms with Crippen molar-refractivity contribution in [2.75, 3.05) is 19.7 Å². The van der Waals surface area contributed by atoms with E-state index in [4.69, 9.17) is 16.3 Å². The Labute approximate surface area is 170 Å². The third-order valence-electron chi connectivity index (χ3n) is 4.60. The summed E-state index contributed by atoms with van der Waals surface area (Å²) in [6.07, 6.45) is 0.0879. The van der Waals surface area contributed by atoms with Gasteiger partial charge in [0, 0.05) is 29.6 Å². The van der Waals surface area contributed by atoms with Gasteiger partial charge in [-0.1, -0.05) is 37.6 Å². The van der Waals surface area contributed by atoms with Gasteiger partial charge in [0.25, 0.3) is 0 Å². The lowest BCUT2D eigenvalue weighted by atomic mass is 9.83. The minimum absolute atomic E-state index is 0.0879. The molecule has 1 aromatic carbocycles. The van der Waals surface area contributed by atoms with Crippen LogP contribution in [0.3, 0.4) is 0 Å². The number of allylic oxidation sites excluding steroid dienone is 1. The molecule has 0 fully saturated rings. The highest BCUT2D eigenvalue weighted by molar-refractivity contribution is 6.30. The van der Waals surface area contributed by atoms with Crippen LogP contribution in [0.25, 0.3) is 0 Å². The predicted molar refractivity (Wildman–Crippen MR) is 108 cm³/mol. The molecule has 1 aliphatic rings. The minimum atomic E-state index is -0.472. The summed E-state index contributed by atoms with van der Waals surface area (Å²) in [6, 6.07) is 7.06. The first-order valence-electron chi connectivity index (χ1n) is 9.45. The van der Waals surface area contributed by atoms with Crippen LogP contribution < -0.4 is 5.32 Å². The molecule has 28 heavy (non-hydrogen) atoms. The average molecular weight is 407 g/mol. The Balaban J connectivity index is 2.36. The summed E-state index contributed by atoms with van der Waals surface area (Å²) in [7, 11) is 0. The average Bonchev–Trinajstić information content (AvgIpc) is 2.63. The van der Waals surface area contributed by atoms with Gasteiger partial charge in [0.2, 0.25) is 11.8 Å². The van der Waals surface area contributed by atoms with E-state index in [1.807, 2.05) is 13.8 Å². The lowest BCUT2D eigenvalue weighted by Gasteiger charge is -2.34. The van der Waals surface area contributed by atoms with Gasteiger partial charge >= 0.3 is 5.97 Å². The fourth-order valence-electron chi connectivity index (χ4n) is 3.17. The highest BCUT2D eigenvalue weighted by atomic mass is 35.5. The molecule has 1 N–H and O–H groups in total. The van der Waals surface area contributed by atoms with E-state index in [0.717, 1.165) is 5.56 Å². The molecule has 0 aliphatic carbocycles. The zero-order valence-electron chi connectivity index (χ0n) is 16.8. The maximum atomic E-state index is 12.8. The van der Waals surface area contributed by atoms with E-state index in [-0.39, 0.29) is 31.4 Å². The van der Waals surface area contributed by atoms with Crippen LogP contribution in [0, 0.1) is 5.92 Å². The lowest BCUT2D eigenvalue weighted by molar-refractivity contribution is -0.141. The van der Waals surface area contributed by atoms with Crippen LogP contribution in [0.15, 0.2) is 35.5 Å². The fraction of sp³-hybridized carbons (Fsp3) is 0.476. The normalized spacial score (nSPS) is 17.1. The van der Waals surface area contributed by atoms with Crippen molar-refractivity contribution in [3.05, 3.63) is 46.1 Å². The molecule has 0 unspecified atom stereocenters. The maximum Gasteiger partial charge on any atom is 0.336 e. The predicted octanol–water partition coefficient (Wildman–Crippen LogP) is 3.27. The van der Waals surface area contributed by atoms with Crippen LogP contribution in [0.4, 0.5) is 0 Å². The van der Waals surface area contributed by atoms with Crippen molar-refractivity contribution in [1.29, 1.82) is 0 Å². The molecule has 0 aromatic heterocycles. The van der Waals surface area contributed by atoms with Crippen LogP contribution in [-0.4, -0.2) is 42.4 Å². The summed E-state index contributed by atoms with van der Waals surface area (Å²) >= 11 is 5.97. The van der Waals surface area contributed by atoms with Crippen LogP contribution >= 0.6 is 11.6 Å². The first-order valence-corrected chi connectivity index (χ1v) is 9.82. The molecule has 1 heterocycles. The van der Waals surface area contributed by atoms with Gasteiger partial charge in [-0.05, 0) is 37.5 Å². The van der Waals surface area contributed by atoms with Crippen molar-refractivity contribution in [2.45, 2.75) is 40.0 Å². The summed E-state index contributed by atoms with van der Waals surface area (Å²) < 4.78 is 5.23. The first kappa shape index (κ1) is 22.0. The van der Waals surface area contributed by atoms with E-state index in [9.17, 15) is 14.4 Å². The zero-order chi connectivity index (χ0) is 20.8. The largest absolute Gasteiger partial charge is 0.463 e. The van der Waals surface area contributed by atoms with E-state index in [2.05, 4.69) is 5.32 Å². The Morgan fingerprint density at radius 1 is 1.29 bits per heavy atom. The molecule has 7 heteroatoms. The van der Waals surface area contributed by atoms with Crippen molar-refractivity contribution < 1.29 is 19.1 Å². The number of carbonyl (C=O) groups is 3. The number of rotatable bonds is 7. The van der Waals surface area contributed by atoms with Gasteiger partial charge in [0.15, 0.2) is 0 Å². The van der Waals surface area contributed by atoms with E-state index < -0.39 is 11.9 Å². The van der Waals surface area contributed by atoms with E-state index >= 15 is 0 Å². The number of halogens is 1. The van der Waals surface area contributed by atoms with Crippen LogP contribution in [0.1, 0.15) is 45.6 Å². The standard InChI is InChI=1S/C21H27ClN2O4/c1-5-28-21(27)20-14(4)24(12-18(25)23-11-13(2)3)19(26)10-17(20)15-6-8-16(22)9-7-15/h6-9,13,17H,5,10-12H2,1-4H3,(H,23,25)/t17-/m0/s1. The molecule has 0 spiro atoms. The first-order chi connectivity index (χ1) is 13.2. The molecule has 1 aromatic rings. The smallest absolute Gasteiger partial charge is 0.336 e. The zero-order valence-corrected chi connectivity index (χ0v) is 17.5. The summed E-state index contributed by atoms with van der Waals surface area (Å²) in [5.74, 6) is -1.05. The molecule has 1 atom stereocenters. The van der Waals surface area contributed by atoms with E-state index in [1.165, 1.54) is 4.90 Å². The number of esters is 1. The topological polar surface area (TPSA) is 75.7 Å². The van der Waals surface area contributed by atoms with Gasteiger partial charge in [0.1, 0.15) is 6.54 Å². The molecule has 0 saturated carbocycles. The molecule has 0 bridgehead atoms. The molecule has 2 amide bonds. The molecule has 1 aliphatic heterocycles. The number of nitrogens with zero attached hydrogens (tertiary/aromatic N) is 1. The minimum Gasteiger partial charge on any atom is -0.463 e. The van der Waals surface area contributed by atoms with Gasteiger partial charge in [-0.2, -0.15) is 0 Å². The number of hydrogen-bond donors (Lipinski definition) is 1. The second kappa shape index (κ2) is 9.73. The monoisotopic (exact) mass is 406 g/mol. The number of ether oxygens (including phenoxy) is 1. The van der Waals surface area contributed by atoms with E-state index in [0.29, 0.717) is 28.8 Å². The van der Waals surface area contributed by atoms with Crippen molar-refractivity contribution in [3.63, 3.8) is 0 Å². The molecule has 2 rings (SSSR count). The van der Waals surface area contributed by atoms with Gasteiger partial charge in [-0.25, -0.2) is 4.79 Å². The van der Waals surface area contributed by atoms with Crippen LogP contribution in [0.5, 0.6) is 0 Å². The summed E-state index contributed by atoms with van der Waals surface area (Å²) in [5, 5.41) is 3.38. The number of hydrogen-bond acceptors (Lipinski definition) is 4. The lowest BCUT2D eigenvalue weighted by Crippen LogP contribution is -2.44. The Hall–Kier alpha value is -2.34. The SMILES string of the molecule is CCOC(=O)C1=C(C)N(CC(=O)NCC(C)C)C(=O)C[C@H]1c1ccc(Cl)cc1. The summed E-state index contributed by atoms with van der Waals surface area (Å²) in [6.45, 7) is 8.04. The van der Waals surface area contributed by atoms with Gasteiger partial charge in [-0.3, -0.25) is 9.59 Å². The van der Waals surface area contributed by atoms with Crippen molar-refractivity contribution in [1.82, 2.24) is 10.2 Å². The molecular formula is C21H27ClN2O4. The number of nitrogens with one attached hydrogen (secondary N) is 1. The maximum absolute atomic E-state index is 12.8. The van der Waals surface area contributed by atoms with E-state index in [1.54, 1.807) is 38.1 Å². The molecule has 6 nitrogen and oxygen atoms in total. The van der Waals surface area contributed by atoms with Gasteiger partial charge in [-0.15, -0.1) is 0 Å². The summed E-state index contributed by atoms with van der Waals surface area (Å²) in [4.78, 5) is 39.1. The summed E-state index contributed by atoms with van der Waals surface area (Å²) in [5.41, 5.74) is 1.67. The second-order valence-electron chi connectivity index (χ2n) is 7.21. The molecular weight excluding hydrogens is 380 g/mol. The van der Waals surface area contributed by atoms with Crippen molar-refractivity contribution in [3.8, 4) is 0 Å². The number of amides is 2. The third-order valence-corrected chi connectivity index (χ3v) is 4.85. The molecule has 0 radical (unpaired) electrons. The Morgan fingerprint density at radius 3 is 2.50 bits per heavy atom. The van der Waals surface area contributed by atoms with Crippen LogP contribution in [-0.2, 0) is 19.1 Å². The van der Waals surface area contributed by atoms with Crippen molar-refractivity contribution in [2.24, 2.45) is 5.92 Å². The highest BCUT2D eigenvalue weighted by Gasteiger charge is 2.37. The second-order valence-corrected chi connectivity index (χ2v) is 7.64. The fourth-order valence-corrected chi connectivity index (χ4v) is 3.30. The Bertz CT molecular complexity index is 771. The number of benzene rings is 1. The van der Waals surface area contributed by atoms with Crippen LogP contribution in [0.2, 0.25) is 5.02 Å². The Morgan fingerprint density at radius 2 is 1.93 bits per heavy atom. The number of carbonyl (C=O) groups excluding carboxylic acids is 3. The highest BCUT2D eigenvalue weighted by Crippen LogP contribution is 2.37. The molecule has 152 valence electrons. The van der Waals surface area contributed by atoms with Gasteiger partial charge < -0.3 is 15.0 Å². The third kappa shape index (κ3) is 5.35. The Kier molecular flexibility index (Phi) is 7.63. The molecule has 0 saturated heterocycles.